The maximum absolute atomic E-state index is 13.1. The number of amides is 3. The van der Waals surface area contributed by atoms with E-state index in [1.165, 1.54) is 0 Å². The first-order valence-electron chi connectivity index (χ1n) is 8.83. The molecule has 2 rings (SSSR count). The van der Waals surface area contributed by atoms with Gasteiger partial charge in [-0.25, -0.2) is 4.79 Å². The predicted octanol–water partition coefficient (Wildman–Crippen LogP) is 2.06. The molecule has 7 nitrogen and oxygen atoms in total. The third-order valence-electron chi connectivity index (χ3n) is 4.71. The van der Waals surface area contributed by atoms with Crippen LogP contribution in [0.4, 0.5) is 4.79 Å². The average Bonchev–Trinajstić information content (AvgIpc) is 2.97. The Morgan fingerprint density at radius 1 is 1.31 bits per heavy atom. The van der Waals surface area contributed by atoms with Gasteiger partial charge in [0.2, 0.25) is 11.8 Å². The highest BCUT2D eigenvalue weighted by molar-refractivity contribution is 5.88. The number of nitrogens with two attached hydrogens (primary N) is 1. The van der Waals surface area contributed by atoms with E-state index in [1.807, 2.05) is 13.0 Å². The summed E-state index contributed by atoms with van der Waals surface area (Å²) in [7, 11) is 0. The summed E-state index contributed by atoms with van der Waals surface area (Å²) in [5.74, 6) is -0.370. The average molecular weight is 361 g/mol. The summed E-state index contributed by atoms with van der Waals surface area (Å²) in [6.07, 6.45) is 1.07. The van der Waals surface area contributed by atoms with Crippen molar-refractivity contribution in [3.8, 4) is 5.75 Å². The van der Waals surface area contributed by atoms with E-state index in [-0.39, 0.29) is 18.4 Å². The number of rotatable bonds is 6. The van der Waals surface area contributed by atoms with E-state index >= 15 is 0 Å². The van der Waals surface area contributed by atoms with Crippen molar-refractivity contribution in [1.29, 1.82) is 0 Å². The lowest BCUT2D eigenvalue weighted by Crippen LogP contribution is -2.57. The zero-order valence-electron chi connectivity index (χ0n) is 15.5. The Morgan fingerprint density at radius 2 is 1.96 bits per heavy atom. The number of benzene rings is 1. The third-order valence-corrected chi connectivity index (χ3v) is 4.71. The summed E-state index contributed by atoms with van der Waals surface area (Å²) in [4.78, 5) is 38.6. The molecular weight excluding hydrogens is 334 g/mol. The second kappa shape index (κ2) is 8.21. The number of nitrogens with zero attached hydrogens (tertiary/aromatic N) is 1. The van der Waals surface area contributed by atoms with Crippen molar-refractivity contribution in [3.63, 3.8) is 0 Å². The lowest BCUT2D eigenvalue weighted by Gasteiger charge is -2.36. The number of hydrogen-bond acceptors (Lipinski definition) is 4. The van der Waals surface area contributed by atoms with Crippen LogP contribution in [0.1, 0.15) is 40.0 Å². The van der Waals surface area contributed by atoms with E-state index < -0.39 is 23.5 Å². The first-order valence-corrected chi connectivity index (χ1v) is 8.83. The summed E-state index contributed by atoms with van der Waals surface area (Å²) in [6.45, 7) is 6.09. The van der Waals surface area contributed by atoms with Gasteiger partial charge >= 0.3 is 6.09 Å². The topological polar surface area (TPSA) is 102 Å². The van der Waals surface area contributed by atoms with E-state index in [1.54, 1.807) is 43.0 Å². The lowest BCUT2D eigenvalue weighted by atomic mass is 9.80. The van der Waals surface area contributed by atoms with Crippen molar-refractivity contribution in [3.05, 3.63) is 30.3 Å². The van der Waals surface area contributed by atoms with Crippen LogP contribution in [0.15, 0.2) is 30.3 Å². The molecule has 0 spiro atoms. The largest absolute Gasteiger partial charge is 0.413 e. The van der Waals surface area contributed by atoms with Crippen LogP contribution in [0.5, 0.6) is 5.75 Å². The Balaban J connectivity index is 2.18. The van der Waals surface area contributed by atoms with Gasteiger partial charge in [-0.3, -0.25) is 9.59 Å². The molecule has 1 aromatic rings. The van der Waals surface area contributed by atoms with Crippen LogP contribution in [0, 0.1) is 5.41 Å². The molecule has 0 radical (unpaired) electrons. The molecule has 1 aliphatic heterocycles. The molecule has 3 N–H and O–H groups in total. The molecule has 26 heavy (non-hydrogen) atoms. The van der Waals surface area contributed by atoms with Gasteiger partial charge in [0.05, 0.1) is 0 Å². The SMILES string of the molecule is CC1CCCN1C(=O)C(NC(=O)Oc1ccccc1)C(C)(C)CC(N)=O. The van der Waals surface area contributed by atoms with E-state index in [0.717, 1.165) is 12.8 Å². The maximum Gasteiger partial charge on any atom is 0.413 e. The van der Waals surface area contributed by atoms with E-state index in [9.17, 15) is 14.4 Å². The highest BCUT2D eigenvalue weighted by Crippen LogP contribution is 2.29. The normalized spacial score (nSPS) is 18.3. The van der Waals surface area contributed by atoms with Crippen molar-refractivity contribution < 1.29 is 19.1 Å². The molecule has 3 amide bonds. The minimum Gasteiger partial charge on any atom is -0.410 e. The standard InChI is InChI=1S/C19H27N3O4/c1-13-8-7-11-22(13)17(24)16(19(2,3)12-15(20)23)21-18(25)26-14-9-5-4-6-10-14/h4-6,9-10,13,16H,7-8,11-12H2,1-3H3,(H2,20,23)(H,21,25). The molecule has 1 aliphatic rings. The van der Waals surface area contributed by atoms with Gasteiger partial charge in [0, 0.05) is 24.4 Å². The molecule has 0 aromatic heterocycles. The molecule has 7 heteroatoms. The predicted molar refractivity (Wildman–Crippen MR) is 97.4 cm³/mol. The monoisotopic (exact) mass is 361 g/mol. The van der Waals surface area contributed by atoms with Crippen LogP contribution in [0.3, 0.4) is 0 Å². The summed E-state index contributed by atoms with van der Waals surface area (Å²) >= 11 is 0. The molecule has 1 fully saturated rings. The van der Waals surface area contributed by atoms with Crippen LogP contribution >= 0.6 is 0 Å². The van der Waals surface area contributed by atoms with Crippen LogP contribution in [0.25, 0.3) is 0 Å². The van der Waals surface area contributed by atoms with Gasteiger partial charge in [0.1, 0.15) is 11.8 Å². The third kappa shape index (κ3) is 4.97. The van der Waals surface area contributed by atoms with Crippen molar-refractivity contribution in [2.24, 2.45) is 11.1 Å². The van der Waals surface area contributed by atoms with Gasteiger partial charge in [0.15, 0.2) is 0 Å². The first kappa shape index (κ1) is 19.8. The second-order valence-corrected chi connectivity index (χ2v) is 7.43. The van der Waals surface area contributed by atoms with Crippen LogP contribution in [-0.2, 0) is 9.59 Å². The van der Waals surface area contributed by atoms with Crippen LogP contribution in [-0.4, -0.2) is 41.4 Å². The summed E-state index contributed by atoms with van der Waals surface area (Å²) in [5.41, 5.74) is 4.50. The number of carbonyl (C=O) groups excluding carboxylic acids is 3. The molecule has 2 unspecified atom stereocenters. The van der Waals surface area contributed by atoms with E-state index in [4.69, 9.17) is 10.5 Å². The molecular formula is C19H27N3O4. The maximum atomic E-state index is 13.1. The number of para-hydroxylation sites is 1. The number of hydrogen-bond donors (Lipinski definition) is 2. The number of carbonyl (C=O) groups is 3. The second-order valence-electron chi connectivity index (χ2n) is 7.43. The van der Waals surface area contributed by atoms with Gasteiger partial charge in [0.25, 0.3) is 0 Å². The minimum atomic E-state index is -0.910. The van der Waals surface area contributed by atoms with Crippen LogP contribution in [0.2, 0.25) is 0 Å². The molecule has 0 saturated carbocycles. The molecule has 2 atom stereocenters. The Hall–Kier alpha value is -2.57. The summed E-state index contributed by atoms with van der Waals surface area (Å²) in [6, 6.07) is 7.78. The Labute approximate surface area is 153 Å². The van der Waals surface area contributed by atoms with Crippen LogP contribution < -0.4 is 15.8 Å². The van der Waals surface area contributed by atoms with Gasteiger partial charge in [-0.2, -0.15) is 0 Å². The van der Waals surface area contributed by atoms with Gasteiger partial charge in [-0.1, -0.05) is 32.0 Å². The molecule has 142 valence electrons. The summed E-state index contributed by atoms with van der Waals surface area (Å²) in [5, 5.41) is 2.65. The van der Waals surface area contributed by atoms with Crippen molar-refractivity contribution >= 4 is 17.9 Å². The smallest absolute Gasteiger partial charge is 0.410 e. The van der Waals surface area contributed by atoms with Crippen molar-refractivity contribution in [2.75, 3.05) is 6.54 Å². The Kier molecular flexibility index (Phi) is 6.23. The zero-order valence-corrected chi connectivity index (χ0v) is 15.5. The van der Waals surface area contributed by atoms with Gasteiger partial charge in [-0.15, -0.1) is 0 Å². The molecule has 1 heterocycles. The highest BCUT2D eigenvalue weighted by Gasteiger charge is 2.42. The lowest BCUT2D eigenvalue weighted by molar-refractivity contribution is -0.137. The fourth-order valence-corrected chi connectivity index (χ4v) is 3.31. The number of primary amides is 1. The fourth-order valence-electron chi connectivity index (χ4n) is 3.31. The molecule has 1 aromatic carbocycles. The molecule has 0 bridgehead atoms. The Bertz CT molecular complexity index is 660. The Morgan fingerprint density at radius 3 is 2.50 bits per heavy atom. The van der Waals surface area contributed by atoms with Gasteiger partial charge < -0.3 is 20.7 Å². The molecule has 1 saturated heterocycles. The number of nitrogens with one attached hydrogen (secondary N) is 1. The van der Waals surface area contributed by atoms with Crippen molar-refractivity contribution in [1.82, 2.24) is 10.2 Å². The minimum absolute atomic E-state index is 0.0305. The van der Waals surface area contributed by atoms with E-state index in [0.29, 0.717) is 12.3 Å². The zero-order chi connectivity index (χ0) is 19.3. The highest BCUT2D eigenvalue weighted by atomic mass is 16.6. The van der Waals surface area contributed by atoms with Crippen molar-refractivity contribution in [2.45, 2.75) is 52.1 Å². The number of likely N-dealkylation sites (tertiary alicyclic amines) is 1. The first-order chi connectivity index (χ1) is 12.2. The van der Waals surface area contributed by atoms with E-state index in [2.05, 4.69) is 5.32 Å². The number of ether oxygens (including phenoxy) is 1. The molecule has 0 aliphatic carbocycles. The summed E-state index contributed by atoms with van der Waals surface area (Å²) < 4.78 is 5.25. The fraction of sp³-hybridized carbons (Fsp3) is 0.526. The quantitative estimate of drug-likeness (QED) is 0.809. The van der Waals surface area contributed by atoms with Gasteiger partial charge in [-0.05, 0) is 31.9 Å².